The summed E-state index contributed by atoms with van der Waals surface area (Å²) in [6, 6.07) is 12.9. The van der Waals surface area contributed by atoms with Crippen LogP contribution in [-0.4, -0.2) is 41.0 Å². The number of fused-ring (bicyclic) bond motifs is 1. The van der Waals surface area contributed by atoms with Gasteiger partial charge >= 0.3 is 0 Å². The Morgan fingerprint density at radius 2 is 1.84 bits per heavy atom. The Bertz CT molecular complexity index is 1220. The predicted octanol–water partition coefficient (Wildman–Crippen LogP) is 3.91. The van der Waals surface area contributed by atoms with Gasteiger partial charge in [0, 0.05) is 48.0 Å². The largest absolute Gasteiger partial charge is 0.493 e. The summed E-state index contributed by atoms with van der Waals surface area (Å²) in [7, 11) is 3.19. The van der Waals surface area contributed by atoms with Crippen molar-refractivity contribution in [3.05, 3.63) is 66.6 Å². The summed E-state index contributed by atoms with van der Waals surface area (Å²) < 4.78 is 12.6. The van der Waals surface area contributed by atoms with E-state index in [9.17, 15) is 4.79 Å². The third-order valence-electron chi connectivity index (χ3n) is 4.80. The number of hydrogen-bond acceptors (Lipinski definition) is 6. The van der Waals surface area contributed by atoms with Crippen LogP contribution in [0.3, 0.4) is 0 Å². The number of imidazole rings is 1. The monoisotopic (exact) mass is 417 g/mol. The van der Waals surface area contributed by atoms with Crippen LogP contribution in [-0.2, 0) is 0 Å². The van der Waals surface area contributed by atoms with Crippen molar-refractivity contribution < 1.29 is 14.3 Å². The summed E-state index contributed by atoms with van der Waals surface area (Å²) in [5.41, 5.74) is 3.73. The molecule has 2 heterocycles. The first-order valence-electron chi connectivity index (χ1n) is 9.84. The highest BCUT2D eigenvalue weighted by Crippen LogP contribution is 2.32. The van der Waals surface area contributed by atoms with Crippen LogP contribution in [0.5, 0.6) is 11.5 Å². The van der Waals surface area contributed by atoms with Crippen LogP contribution in [0, 0.1) is 0 Å². The molecule has 2 aromatic carbocycles. The lowest BCUT2D eigenvalue weighted by Crippen LogP contribution is -2.22. The Morgan fingerprint density at radius 3 is 2.55 bits per heavy atom. The minimum atomic E-state index is -0.0946. The van der Waals surface area contributed by atoms with Gasteiger partial charge in [0.1, 0.15) is 0 Å². The number of hydrogen-bond donors (Lipinski definition) is 2. The van der Waals surface area contributed by atoms with Crippen molar-refractivity contribution in [3.63, 3.8) is 0 Å². The third kappa shape index (κ3) is 4.13. The Morgan fingerprint density at radius 1 is 1.06 bits per heavy atom. The number of rotatable bonds is 7. The van der Waals surface area contributed by atoms with Crippen LogP contribution in [0.15, 0.2) is 61.1 Å². The van der Waals surface area contributed by atoms with E-state index in [0.29, 0.717) is 35.1 Å². The topological polar surface area (TPSA) is 89.8 Å². The van der Waals surface area contributed by atoms with Crippen molar-refractivity contribution in [3.8, 4) is 22.8 Å². The normalized spacial score (nSPS) is 10.7. The van der Waals surface area contributed by atoms with Crippen LogP contribution in [0.2, 0.25) is 0 Å². The molecule has 0 aliphatic carbocycles. The summed E-state index contributed by atoms with van der Waals surface area (Å²) in [4.78, 5) is 21.2. The first kappa shape index (κ1) is 20.2. The molecule has 0 spiro atoms. The zero-order valence-corrected chi connectivity index (χ0v) is 17.5. The SMILES string of the molecule is CCNC(=O)c1ccc(-c2cn3ccnc3c(Nc3ccc(OC)c(OC)c3)n2)cc1. The van der Waals surface area contributed by atoms with Crippen molar-refractivity contribution in [2.75, 3.05) is 26.1 Å². The zero-order chi connectivity index (χ0) is 21.8. The van der Waals surface area contributed by atoms with E-state index < -0.39 is 0 Å². The third-order valence-corrected chi connectivity index (χ3v) is 4.80. The van der Waals surface area contributed by atoms with Crippen molar-refractivity contribution in [1.82, 2.24) is 19.7 Å². The predicted molar refractivity (Wildman–Crippen MR) is 119 cm³/mol. The average Bonchev–Trinajstić information content (AvgIpc) is 3.28. The summed E-state index contributed by atoms with van der Waals surface area (Å²) in [6.45, 7) is 2.48. The molecule has 0 radical (unpaired) electrons. The molecule has 0 bridgehead atoms. The van der Waals surface area contributed by atoms with Crippen molar-refractivity contribution in [2.45, 2.75) is 6.92 Å². The van der Waals surface area contributed by atoms with Gasteiger partial charge < -0.3 is 24.5 Å². The number of carbonyl (C=O) groups excluding carboxylic acids is 1. The quantitative estimate of drug-likeness (QED) is 0.474. The zero-order valence-electron chi connectivity index (χ0n) is 17.5. The van der Waals surface area contributed by atoms with Crippen LogP contribution in [0.4, 0.5) is 11.5 Å². The molecule has 8 nitrogen and oxygen atoms in total. The maximum Gasteiger partial charge on any atom is 0.251 e. The number of methoxy groups -OCH3 is 2. The molecular weight excluding hydrogens is 394 g/mol. The van der Waals surface area contributed by atoms with E-state index in [1.54, 1.807) is 32.5 Å². The van der Waals surface area contributed by atoms with E-state index in [4.69, 9.17) is 14.5 Å². The van der Waals surface area contributed by atoms with Crippen LogP contribution in [0.1, 0.15) is 17.3 Å². The molecule has 4 aromatic rings. The first-order valence-corrected chi connectivity index (χ1v) is 9.84. The van der Waals surface area contributed by atoms with E-state index in [-0.39, 0.29) is 5.91 Å². The molecule has 0 saturated heterocycles. The average molecular weight is 417 g/mol. The van der Waals surface area contributed by atoms with Crippen molar-refractivity contribution in [1.29, 1.82) is 0 Å². The summed E-state index contributed by atoms with van der Waals surface area (Å²) in [5, 5.41) is 6.12. The molecule has 31 heavy (non-hydrogen) atoms. The molecule has 2 N–H and O–H groups in total. The molecule has 0 unspecified atom stereocenters. The molecule has 8 heteroatoms. The molecule has 0 saturated carbocycles. The lowest BCUT2D eigenvalue weighted by molar-refractivity contribution is 0.0956. The van der Waals surface area contributed by atoms with E-state index in [2.05, 4.69) is 15.6 Å². The van der Waals surface area contributed by atoms with Gasteiger partial charge in [-0.25, -0.2) is 9.97 Å². The van der Waals surface area contributed by atoms with Gasteiger partial charge in [0.25, 0.3) is 5.91 Å². The minimum absolute atomic E-state index is 0.0946. The van der Waals surface area contributed by atoms with Crippen LogP contribution < -0.4 is 20.1 Å². The number of anilines is 2. The second-order valence-electron chi connectivity index (χ2n) is 6.76. The summed E-state index contributed by atoms with van der Waals surface area (Å²) in [5.74, 6) is 1.77. The van der Waals surface area contributed by atoms with Gasteiger partial charge in [0.2, 0.25) is 0 Å². The minimum Gasteiger partial charge on any atom is -0.493 e. The molecule has 0 fully saturated rings. The molecule has 0 atom stereocenters. The fraction of sp³-hybridized carbons (Fsp3) is 0.174. The van der Waals surface area contributed by atoms with E-state index in [0.717, 1.165) is 16.9 Å². The van der Waals surface area contributed by atoms with Crippen molar-refractivity contribution >= 4 is 23.1 Å². The van der Waals surface area contributed by atoms with Gasteiger partial charge in [-0.1, -0.05) is 12.1 Å². The Kier molecular flexibility index (Phi) is 5.70. The Hall–Kier alpha value is -4.07. The molecule has 2 aromatic heterocycles. The molecule has 1 amide bonds. The molecular formula is C23H23N5O3. The summed E-state index contributed by atoms with van der Waals surface area (Å²) in [6.07, 6.45) is 5.49. The van der Waals surface area contributed by atoms with Crippen LogP contribution >= 0.6 is 0 Å². The molecule has 4 rings (SSSR count). The van der Waals surface area contributed by atoms with Gasteiger partial charge in [-0.05, 0) is 31.2 Å². The smallest absolute Gasteiger partial charge is 0.251 e. The van der Waals surface area contributed by atoms with Crippen molar-refractivity contribution in [2.24, 2.45) is 0 Å². The number of aromatic nitrogens is 3. The van der Waals surface area contributed by atoms with Gasteiger partial charge in [-0.2, -0.15) is 0 Å². The lowest BCUT2D eigenvalue weighted by atomic mass is 10.1. The number of carbonyl (C=O) groups is 1. The van der Waals surface area contributed by atoms with E-state index >= 15 is 0 Å². The molecule has 0 aliphatic heterocycles. The number of nitrogens with one attached hydrogen (secondary N) is 2. The first-order chi connectivity index (χ1) is 15.1. The van der Waals surface area contributed by atoms with Gasteiger partial charge in [-0.15, -0.1) is 0 Å². The number of ether oxygens (including phenoxy) is 2. The Labute approximate surface area is 179 Å². The van der Waals surface area contributed by atoms with Crippen LogP contribution in [0.25, 0.3) is 16.9 Å². The van der Waals surface area contributed by atoms with Gasteiger partial charge in [0.05, 0.1) is 19.9 Å². The number of benzene rings is 2. The summed E-state index contributed by atoms with van der Waals surface area (Å²) >= 11 is 0. The molecule has 0 aliphatic rings. The second-order valence-corrected chi connectivity index (χ2v) is 6.76. The fourth-order valence-electron chi connectivity index (χ4n) is 3.26. The number of nitrogens with zero attached hydrogens (tertiary/aromatic N) is 3. The highest BCUT2D eigenvalue weighted by atomic mass is 16.5. The lowest BCUT2D eigenvalue weighted by Gasteiger charge is -2.13. The van der Waals surface area contributed by atoms with E-state index in [1.807, 2.05) is 54.0 Å². The van der Waals surface area contributed by atoms with Gasteiger partial charge in [-0.3, -0.25) is 4.79 Å². The Balaban J connectivity index is 1.69. The maximum atomic E-state index is 12.0. The maximum absolute atomic E-state index is 12.0. The second kappa shape index (κ2) is 8.74. The van der Waals surface area contributed by atoms with Gasteiger partial charge in [0.15, 0.2) is 23.0 Å². The fourth-order valence-corrected chi connectivity index (χ4v) is 3.26. The number of amides is 1. The highest BCUT2D eigenvalue weighted by Gasteiger charge is 2.12. The highest BCUT2D eigenvalue weighted by molar-refractivity contribution is 5.94. The molecule has 158 valence electrons. The van der Waals surface area contributed by atoms with E-state index in [1.165, 1.54) is 0 Å². The standard InChI is InChI=1S/C23H23N5O3/c1-4-24-23(29)16-7-5-15(6-8-16)18-14-28-12-11-25-22(28)21(27-18)26-17-9-10-19(30-2)20(13-17)31-3/h5-14H,4H2,1-3H3,(H,24,29)(H,26,27).